The first-order valence-electron chi connectivity index (χ1n) is 3.65. The molecule has 0 aliphatic carbocycles. The lowest BCUT2D eigenvalue weighted by Gasteiger charge is -1.93. The van der Waals surface area contributed by atoms with Crippen LogP contribution in [-0.2, 0) is 13.5 Å². The van der Waals surface area contributed by atoms with Crippen molar-refractivity contribution in [1.29, 1.82) is 5.26 Å². The van der Waals surface area contributed by atoms with Crippen LogP contribution in [0.3, 0.4) is 0 Å². The largest absolute Gasteiger partial charge is 0.206 e. The molecule has 2 nitrogen and oxygen atoms in total. The van der Waals surface area contributed by atoms with E-state index in [9.17, 15) is 0 Å². The maximum absolute atomic E-state index is 8.62. The molecule has 2 heteroatoms. The van der Waals surface area contributed by atoms with Gasteiger partial charge in [-0.25, -0.2) is 4.57 Å². The van der Waals surface area contributed by atoms with E-state index in [0.29, 0.717) is 0 Å². The van der Waals surface area contributed by atoms with Crippen molar-refractivity contribution in [2.24, 2.45) is 7.05 Å². The third kappa shape index (κ3) is 1.78. The van der Waals surface area contributed by atoms with Crippen LogP contribution in [-0.4, -0.2) is 0 Å². The summed E-state index contributed by atoms with van der Waals surface area (Å²) in [6.45, 7) is 2.08. The third-order valence-corrected chi connectivity index (χ3v) is 1.59. The molecule has 1 aromatic rings. The van der Waals surface area contributed by atoms with E-state index < -0.39 is 0 Å². The maximum Gasteiger partial charge on any atom is 0.186 e. The quantitative estimate of drug-likeness (QED) is 0.543. The zero-order valence-corrected chi connectivity index (χ0v) is 6.83. The zero-order valence-electron chi connectivity index (χ0n) is 6.83. The van der Waals surface area contributed by atoms with Gasteiger partial charge in [-0.15, -0.1) is 0 Å². The SMILES string of the molecule is CCc1cc(C#N)c[n+](C)c1. The summed E-state index contributed by atoms with van der Waals surface area (Å²) in [4.78, 5) is 0. The Hall–Kier alpha value is -1.36. The fourth-order valence-corrected chi connectivity index (χ4v) is 1.05. The summed E-state index contributed by atoms with van der Waals surface area (Å²) in [6.07, 6.45) is 4.82. The molecular formula is C9H11N2+. The Morgan fingerprint density at radius 1 is 1.55 bits per heavy atom. The van der Waals surface area contributed by atoms with Crippen LogP contribution >= 0.6 is 0 Å². The third-order valence-electron chi connectivity index (χ3n) is 1.59. The number of hydrogen-bond donors (Lipinski definition) is 0. The van der Waals surface area contributed by atoms with Crippen LogP contribution in [0.5, 0.6) is 0 Å². The number of rotatable bonds is 1. The summed E-state index contributed by atoms with van der Waals surface area (Å²) in [5.74, 6) is 0. The van der Waals surface area contributed by atoms with E-state index in [1.54, 1.807) is 0 Å². The highest BCUT2D eigenvalue weighted by molar-refractivity contribution is 5.26. The van der Waals surface area contributed by atoms with E-state index in [2.05, 4.69) is 13.0 Å². The lowest BCUT2D eigenvalue weighted by atomic mass is 10.2. The van der Waals surface area contributed by atoms with Gasteiger partial charge < -0.3 is 0 Å². The Morgan fingerprint density at radius 3 is 2.82 bits per heavy atom. The van der Waals surface area contributed by atoms with Crippen LogP contribution in [0.1, 0.15) is 18.1 Å². The van der Waals surface area contributed by atoms with Gasteiger partial charge in [-0.1, -0.05) is 6.92 Å². The van der Waals surface area contributed by atoms with Crippen LogP contribution in [0.2, 0.25) is 0 Å². The first kappa shape index (κ1) is 7.74. The molecule has 0 spiro atoms. The molecule has 0 saturated carbocycles. The van der Waals surface area contributed by atoms with Gasteiger partial charge in [-0.2, -0.15) is 5.26 Å². The Morgan fingerprint density at radius 2 is 2.27 bits per heavy atom. The molecule has 11 heavy (non-hydrogen) atoms. The summed E-state index contributed by atoms with van der Waals surface area (Å²) in [5.41, 5.74) is 1.93. The first-order valence-corrected chi connectivity index (χ1v) is 3.65. The average molecular weight is 147 g/mol. The molecule has 0 aromatic carbocycles. The topological polar surface area (TPSA) is 27.7 Å². The number of aromatic nitrogens is 1. The molecule has 0 bridgehead atoms. The minimum absolute atomic E-state index is 0.729. The molecule has 1 rings (SSSR count). The molecule has 0 fully saturated rings. The summed E-state index contributed by atoms with van der Waals surface area (Å²) in [6, 6.07) is 4.04. The summed E-state index contributed by atoms with van der Waals surface area (Å²) in [7, 11) is 1.93. The van der Waals surface area contributed by atoms with Crippen molar-refractivity contribution in [2.75, 3.05) is 0 Å². The molecule has 0 saturated heterocycles. The molecule has 0 atom stereocenters. The minimum atomic E-state index is 0.729. The van der Waals surface area contributed by atoms with E-state index in [-0.39, 0.29) is 0 Å². The smallest absolute Gasteiger partial charge is 0.186 e. The van der Waals surface area contributed by atoms with Crippen molar-refractivity contribution < 1.29 is 4.57 Å². The standard InChI is InChI=1S/C9H11N2/c1-3-8-4-9(5-10)7-11(2)6-8/h4,6-7H,3H2,1-2H3/q+1. The highest BCUT2D eigenvalue weighted by Gasteiger charge is 2.00. The molecular weight excluding hydrogens is 136 g/mol. The van der Waals surface area contributed by atoms with E-state index in [1.807, 2.05) is 30.1 Å². The lowest BCUT2D eigenvalue weighted by molar-refractivity contribution is -0.672. The number of hydrogen-bond acceptors (Lipinski definition) is 1. The van der Waals surface area contributed by atoms with Gasteiger partial charge in [-0.3, -0.25) is 0 Å². The highest BCUT2D eigenvalue weighted by Crippen LogP contribution is 1.99. The molecule has 0 aliphatic rings. The first-order chi connectivity index (χ1) is 5.26. The Balaban J connectivity index is 3.15. The lowest BCUT2D eigenvalue weighted by Crippen LogP contribution is -2.27. The van der Waals surface area contributed by atoms with Crippen LogP contribution in [0.25, 0.3) is 0 Å². The predicted octanol–water partition coefficient (Wildman–Crippen LogP) is 0.945. The van der Waals surface area contributed by atoms with Gasteiger partial charge in [0, 0.05) is 5.56 Å². The van der Waals surface area contributed by atoms with Gasteiger partial charge in [0.2, 0.25) is 0 Å². The summed E-state index contributed by atoms with van der Waals surface area (Å²) < 4.78 is 1.91. The van der Waals surface area contributed by atoms with Crippen molar-refractivity contribution in [3.63, 3.8) is 0 Å². The molecule has 1 aromatic heterocycles. The van der Waals surface area contributed by atoms with Crippen LogP contribution in [0, 0.1) is 11.3 Å². The van der Waals surface area contributed by atoms with Crippen molar-refractivity contribution in [3.05, 3.63) is 29.6 Å². The normalized spacial score (nSPS) is 9.18. The second-order valence-electron chi connectivity index (χ2n) is 2.56. The van der Waals surface area contributed by atoms with Gasteiger partial charge in [0.15, 0.2) is 12.4 Å². The van der Waals surface area contributed by atoms with Crippen LogP contribution in [0.4, 0.5) is 0 Å². The molecule has 56 valence electrons. The number of aryl methyl sites for hydroxylation is 2. The van der Waals surface area contributed by atoms with E-state index in [1.165, 1.54) is 5.56 Å². The monoisotopic (exact) mass is 147 g/mol. The maximum atomic E-state index is 8.62. The molecule has 0 unspecified atom stereocenters. The minimum Gasteiger partial charge on any atom is -0.206 e. The molecule has 1 heterocycles. The average Bonchev–Trinajstić information content (AvgIpc) is 2.03. The van der Waals surface area contributed by atoms with Gasteiger partial charge >= 0.3 is 0 Å². The van der Waals surface area contributed by atoms with E-state index in [0.717, 1.165) is 12.0 Å². The Kier molecular flexibility index (Phi) is 2.22. The van der Waals surface area contributed by atoms with Gasteiger partial charge in [0.25, 0.3) is 0 Å². The predicted molar refractivity (Wildman–Crippen MR) is 41.7 cm³/mol. The van der Waals surface area contributed by atoms with Crippen LogP contribution < -0.4 is 4.57 Å². The number of nitriles is 1. The fourth-order valence-electron chi connectivity index (χ4n) is 1.05. The van der Waals surface area contributed by atoms with Crippen molar-refractivity contribution in [2.45, 2.75) is 13.3 Å². The molecule has 0 aliphatic heterocycles. The second kappa shape index (κ2) is 3.16. The highest BCUT2D eigenvalue weighted by atomic mass is 14.9. The number of nitrogens with zero attached hydrogens (tertiary/aromatic N) is 2. The van der Waals surface area contributed by atoms with E-state index >= 15 is 0 Å². The fraction of sp³-hybridized carbons (Fsp3) is 0.333. The zero-order chi connectivity index (χ0) is 8.27. The van der Waals surface area contributed by atoms with E-state index in [4.69, 9.17) is 5.26 Å². The van der Waals surface area contributed by atoms with Crippen molar-refractivity contribution in [1.82, 2.24) is 0 Å². The summed E-state index contributed by atoms with van der Waals surface area (Å²) >= 11 is 0. The van der Waals surface area contributed by atoms with Gasteiger partial charge in [-0.05, 0) is 12.5 Å². The second-order valence-corrected chi connectivity index (χ2v) is 2.56. The van der Waals surface area contributed by atoms with Crippen molar-refractivity contribution in [3.8, 4) is 6.07 Å². The van der Waals surface area contributed by atoms with Gasteiger partial charge in [0.1, 0.15) is 18.7 Å². The molecule has 0 radical (unpaired) electrons. The Bertz CT molecular complexity index is 297. The molecule has 0 N–H and O–H groups in total. The summed E-state index contributed by atoms with van der Waals surface area (Å²) in [5, 5.41) is 8.62. The van der Waals surface area contributed by atoms with Gasteiger partial charge in [0.05, 0.1) is 0 Å². The Labute approximate surface area is 66.7 Å². The number of pyridine rings is 1. The van der Waals surface area contributed by atoms with Crippen molar-refractivity contribution >= 4 is 0 Å². The molecule has 0 amide bonds. The van der Waals surface area contributed by atoms with Crippen LogP contribution in [0.15, 0.2) is 18.5 Å².